The van der Waals surface area contributed by atoms with Gasteiger partial charge in [0.2, 0.25) is 4.96 Å². The van der Waals surface area contributed by atoms with Crippen LogP contribution in [-0.4, -0.2) is 41.4 Å². The highest BCUT2D eigenvalue weighted by atomic mass is 32.1. The Morgan fingerprint density at radius 2 is 2.00 bits per heavy atom. The van der Waals surface area contributed by atoms with E-state index in [1.807, 2.05) is 0 Å². The van der Waals surface area contributed by atoms with Crippen molar-refractivity contribution in [3.63, 3.8) is 0 Å². The number of aromatic nitrogens is 3. The van der Waals surface area contributed by atoms with Crippen LogP contribution < -0.4 is 10.3 Å². The largest absolute Gasteiger partial charge is 0.497 e. The Labute approximate surface area is 153 Å². The van der Waals surface area contributed by atoms with Gasteiger partial charge in [0.25, 0.3) is 5.56 Å². The van der Waals surface area contributed by atoms with Crippen molar-refractivity contribution in [1.29, 1.82) is 0 Å². The van der Waals surface area contributed by atoms with Crippen molar-refractivity contribution >= 4 is 22.3 Å². The highest BCUT2D eigenvalue weighted by Crippen LogP contribution is 2.14. The molecule has 136 valence electrons. The highest BCUT2D eigenvalue weighted by Gasteiger charge is 2.12. The SMILES string of the molecule is COCCc1nn2c(=O)cc(COC(=O)c3ccc(OC)cc3)nc2s1. The van der Waals surface area contributed by atoms with Crippen molar-refractivity contribution in [2.75, 3.05) is 20.8 Å². The quantitative estimate of drug-likeness (QED) is 0.581. The van der Waals surface area contributed by atoms with Crippen LogP contribution in [0.1, 0.15) is 21.1 Å². The maximum Gasteiger partial charge on any atom is 0.338 e. The first-order valence-corrected chi connectivity index (χ1v) is 8.61. The van der Waals surface area contributed by atoms with Crippen molar-refractivity contribution < 1.29 is 19.0 Å². The van der Waals surface area contributed by atoms with Crippen molar-refractivity contribution in [2.45, 2.75) is 13.0 Å². The molecule has 8 nitrogen and oxygen atoms in total. The molecule has 0 spiro atoms. The summed E-state index contributed by atoms with van der Waals surface area (Å²) in [6, 6.07) is 7.88. The fraction of sp³-hybridized carbons (Fsp3) is 0.294. The van der Waals surface area contributed by atoms with E-state index in [2.05, 4.69) is 10.1 Å². The Morgan fingerprint density at radius 3 is 2.69 bits per heavy atom. The minimum atomic E-state index is -0.500. The molecule has 0 fully saturated rings. The van der Waals surface area contributed by atoms with Crippen molar-refractivity contribution in [2.24, 2.45) is 0 Å². The molecule has 0 radical (unpaired) electrons. The minimum absolute atomic E-state index is 0.0953. The molecule has 3 aromatic rings. The molecular weight excluding hydrogens is 358 g/mol. The van der Waals surface area contributed by atoms with Gasteiger partial charge in [0, 0.05) is 19.6 Å². The van der Waals surface area contributed by atoms with Gasteiger partial charge >= 0.3 is 5.97 Å². The Hall–Kier alpha value is -2.78. The number of hydrogen-bond acceptors (Lipinski definition) is 8. The monoisotopic (exact) mass is 375 g/mol. The number of methoxy groups -OCH3 is 2. The van der Waals surface area contributed by atoms with Crippen LogP contribution in [0.5, 0.6) is 5.75 Å². The summed E-state index contributed by atoms with van der Waals surface area (Å²) in [6.45, 7) is 0.419. The van der Waals surface area contributed by atoms with Crippen LogP contribution in [0, 0.1) is 0 Å². The van der Waals surface area contributed by atoms with Crippen LogP contribution in [0.15, 0.2) is 35.1 Å². The lowest BCUT2D eigenvalue weighted by Gasteiger charge is -2.05. The molecule has 0 unspecified atom stereocenters. The molecule has 0 aliphatic heterocycles. The molecule has 0 bridgehead atoms. The lowest BCUT2D eigenvalue weighted by Crippen LogP contribution is -2.16. The number of hydrogen-bond donors (Lipinski definition) is 0. The van der Waals surface area contributed by atoms with Crippen LogP contribution in [0.4, 0.5) is 0 Å². The average molecular weight is 375 g/mol. The standard InChI is InChI=1S/C17H17N3O5S/c1-23-8-7-14-19-20-15(21)9-12(18-17(20)26-14)10-25-16(22)11-3-5-13(24-2)6-4-11/h3-6,9H,7-8,10H2,1-2H3. The molecule has 0 N–H and O–H groups in total. The van der Waals surface area contributed by atoms with Gasteiger partial charge in [-0.15, -0.1) is 0 Å². The first-order chi connectivity index (χ1) is 12.6. The van der Waals surface area contributed by atoms with Gasteiger partial charge in [-0.1, -0.05) is 11.3 Å². The molecule has 0 amide bonds. The van der Waals surface area contributed by atoms with Crippen molar-refractivity contribution in [3.05, 3.63) is 57.0 Å². The van der Waals surface area contributed by atoms with E-state index in [0.717, 1.165) is 5.01 Å². The van der Waals surface area contributed by atoms with E-state index in [1.165, 1.54) is 21.9 Å². The molecule has 3 rings (SSSR count). The zero-order chi connectivity index (χ0) is 18.5. The number of esters is 1. The zero-order valence-corrected chi connectivity index (χ0v) is 15.1. The third-order valence-electron chi connectivity index (χ3n) is 3.54. The molecule has 0 atom stereocenters. The van der Waals surface area contributed by atoms with Gasteiger partial charge in [0.05, 0.1) is 25.0 Å². The molecule has 26 heavy (non-hydrogen) atoms. The fourth-order valence-electron chi connectivity index (χ4n) is 2.21. The van der Waals surface area contributed by atoms with E-state index in [9.17, 15) is 9.59 Å². The van der Waals surface area contributed by atoms with Crippen LogP contribution >= 0.6 is 11.3 Å². The summed E-state index contributed by atoms with van der Waals surface area (Å²) in [6.07, 6.45) is 0.603. The van der Waals surface area contributed by atoms with Crippen LogP contribution in [-0.2, 0) is 22.5 Å². The van der Waals surface area contributed by atoms with Gasteiger partial charge in [0.15, 0.2) is 0 Å². The average Bonchev–Trinajstić information content (AvgIpc) is 3.08. The van der Waals surface area contributed by atoms with Gasteiger partial charge in [-0.05, 0) is 24.3 Å². The van der Waals surface area contributed by atoms with Crippen LogP contribution in [0.3, 0.4) is 0 Å². The first kappa shape index (κ1) is 18.0. The Morgan fingerprint density at radius 1 is 1.23 bits per heavy atom. The molecule has 0 aliphatic carbocycles. The van der Waals surface area contributed by atoms with E-state index in [-0.39, 0.29) is 12.2 Å². The summed E-state index contributed by atoms with van der Waals surface area (Å²) >= 11 is 1.31. The molecule has 0 saturated heterocycles. The molecule has 0 saturated carbocycles. The molecule has 9 heteroatoms. The predicted octanol–water partition coefficient (Wildman–Crippen LogP) is 1.71. The number of rotatable bonds is 7. The summed E-state index contributed by atoms with van der Waals surface area (Å²) in [5, 5.41) is 4.96. The zero-order valence-electron chi connectivity index (χ0n) is 14.3. The number of benzene rings is 1. The summed E-state index contributed by atoms with van der Waals surface area (Å²) < 4.78 is 16.5. The van der Waals surface area contributed by atoms with Gasteiger partial charge < -0.3 is 14.2 Å². The number of carbonyl (C=O) groups is 1. The van der Waals surface area contributed by atoms with Gasteiger partial charge in [-0.3, -0.25) is 4.79 Å². The van der Waals surface area contributed by atoms with Gasteiger partial charge in [0.1, 0.15) is 17.4 Å². The molecule has 2 heterocycles. The van der Waals surface area contributed by atoms with E-state index >= 15 is 0 Å². The first-order valence-electron chi connectivity index (χ1n) is 7.79. The minimum Gasteiger partial charge on any atom is -0.497 e. The second kappa shape index (κ2) is 8.07. The van der Waals surface area contributed by atoms with E-state index in [0.29, 0.717) is 35.0 Å². The van der Waals surface area contributed by atoms with Crippen molar-refractivity contribution in [1.82, 2.24) is 14.6 Å². The summed E-state index contributed by atoms with van der Waals surface area (Å²) in [5.74, 6) is 0.149. The number of fused-ring (bicyclic) bond motifs is 1. The summed E-state index contributed by atoms with van der Waals surface area (Å²) in [4.78, 5) is 29.0. The Bertz CT molecular complexity index is 965. The Kier molecular flexibility index (Phi) is 5.59. The third-order valence-corrected chi connectivity index (χ3v) is 4.51. The van der Waals surface area contributed by atoms with Crippen molar-refractivity contribution in [3.8, 4) is 5.75 Å². The fourth-order valence-corrected chi connectivity index (χ4v) is 3.11. The normalized spacial score (nSPS) is 10.8. The van der Waals surface area contributed by atoms with E-state index in [1.54, 1.807) is 38.5 Å². The van der Waals surface area contributed by atoms with Crippen LogP contribution in [0.25, 0.3) is 4.96 Å². The molecule has 2 aromatic heterocycles. The molecule has 1 aromatic carbocycles. The smallest absolute Gasteiger partial charge is 0.338 e. The molecular formula is C17H17N3O5S. The maximum atomic E-state index is 12.2. The second-order valence-electron chi connectivity index (χ2n) is 5.32. The predicted molar refractivity (Wildman–Crippen MR) is 94.8 cm³/mol. The van der Waals surface area contributed by atoms with E-state index < -0.39 is 5.97 Å². The number of carbonyl (C=O) groups excluding carboxylic acids is 1. The van der Waals surface area contributed by atoms with Gasteiger partial charge in [-0.2, -0.15) is 9.61 Å². The highest BCUT2D eigenvalue weighted by molar-refractivity contribution is 7.16. The third kappa shape index (κ3) is 4.06. The summed E-state index contributed by atoms with van der Waals surface area (Å²) in [5.41, 5.74) is 0.451. The molecule has 0 aliphatic rings. The Balaban J connectivity index is 1.71. The number of ether oxygens (including phenoxy) is 3. The topological polar surface area (TPSA) is 92.0 Å². The van der Waals surface area contributed by atoms with E-state index in [4.69, 9.17) is 14.2 Å². The van der Waals surface area contributed by atoms with Crippen LogP contribution in [0.2, 0.25) is 0 Å². The summed E-state index contributed by atoms with van der Waals surface area (Å²) in [7, 11) is 3.15. The maximum absolute atomic E-state index is 12.2. The second-order valence-corrected chi connectivity index (χ2v) is 6.36. The lowest BCUT2D eigenvalue weighted by atomic mass is 10.2. The lowest BCUT2D eigenvalue weighted by molar-refractivity contribution is 0.0467. The van der Waals surface area contributed by atoms with Gasteiger partial charge in [-0.25, -0.2) is 9.78 Å². The number of nitrogens with zero attached hydrogens (tertiary/aromatic N) is 3.